The molecule has 0 atom stereocenters. The Labute approximate surface area is 239 Å². The molecule has 5 rings (SSSR count). The number of benzene rings is 2. The van der Waals surface area contributed by atoms with Gasteiger partial charge in [-0.3, -0.25) is 9.69 Å². The molecule has 0 saturated carbocycles. The van der Waals surface area contributed by atoms with Crippen LogP contribution in [0.15, 0.2) is 59.8 Å². The number of hydrogen-bond donors (Lipinski definition) is 1. The van der Waals surface area contributed by atoms with Crippen molar-refractivity contribution < 1.29 is 9.53 Å². The van der Waals surface area contributed by atoms with Crippen molar-refractivity contribution in [2.24, 2.45) is 0 Å². The van der Waals surface area contributed by atoms with Gasteiger partial charge in [0.15, 0.2) is 5.16 Å². The van der Waals surface area contributed by atoms with E-state index in [1.54, 1.807) is 0 Å². The average Bonchev–Trinajstić information content (AvgIpc) is 2.97. The highest BCUT2D eigenvalue weighted by Crippen LogP contribution is 2.27. The number of aryl methyl sites for hydroxylation is 1. The molecule has 3 heterocycles. The fourth-order valence-electron chi connectivity index (χ4n) is 4.91. The third-order valence-electron chi connectivity index (χ3n) is 7.10. The molecule has 1 N–H and O–H groups in total. The maximum absolute atomic E-state index is 12.7. The van der Waals surface area contributed by atoms with Crippen molar-refractivity contribution in [1.82, 2.24) is 20.2 Å². The number of nitrogens with zero attached hydrogens (tertiary/aromatic N) is 5. The normalized spacial score (nSPS) is 16.4. The first-order valence-corrected chi connectivity index (χ1v) is 14.8. The third kappa shape index (κ3) is 7.63. The molecule has 0 unspecified atom stereocenters. The monoisotopic (exact) mass is 566 g/mol. The predicted molar refractivity (Wildman–Crippen MR) is 158 cm³/mol. The fourth-order valence-corrected chi connectivity index (χ4v) is 5.94. The molecular formula is C29H35ClN6O2S. The zero-order chi connectivity index (χ0) is 27.0. The molecule has 1 aromatic heterocycles. The smallest absolute Gasteiger partial charge is 0.251 e. The van der Waals surface area contributed by atoms with Gasteiger partial charge in [0.05, 0.1) is 13.2 Å². The Morgan fingerprint density at radius 3 is 2.54 bits per heavy atom. The number of morpholine rings is 1. The Kier molecular flexibility index (Phi) is 9.58. The summed E-state index contributed by atoms with van der Waals surface area (Å²) in [6, 6.07) is 18.1. The fraction of sp³-hybridized carbons (Fsp3) is 0.414. The van der Waals surface area contributed by atoms with Crippen molar-refractivity contribution in [3.05, 3.63) is 76.4 Å². The van der Waals surface area contributed by atoms with Crippen molar-refractivity contribution in [2.75, 3.05) is 75.4 Å². The zero-order valence-corrected chi connectivity index (χ0v) is 23.9. The predicted octanol–water partition coefficient (Wildman–Crippen LogP) is 4.12. The average molecular weight is 567 g/mol. The Morgan fingerprint density at radius 1 is 0.974 bits per heavy atom. The second kappa shape index (κ2) is 13.5. The Hall–Kier alpha value is -2.85. The molecule has 8 nitrogen and oxygen atoms in total. The van der Waals surface area contributed by atoms with Crippen molar-refractivity contribution in [3.63, 3.8) is 0 Å². The molecule has 10 heteroatoms. The Balaban J connectivity index is 1.14. The van der Waals surface area contributed by atoms with Gasteiger partial charge in [0, 0.05) is 75.4 Å². The minimum atomic E-state index is -0.0544. The highest BCUT2D eigenvalue weighted by Gasteiger charge is 2.20. The van der Waals surface area contributed by atoms with Crippen molar-refractivity contribution in [1.29, 1.82) is 0 Å². The largest absolute Gasteiger partial charge is 0.379 e. The van der Waals surface area contributed by atoms with Crippen molar-refractivity contribution >= 4 is 40.8 Å². The molecule has 2 saturated heterocycles. The summed E-state index contributed by atoms with van der Waals surface area (Å²) >= 11 is 7.93. The van der Waals surface area contributed by atoms with Crippen LogP contribution in [0.2, 0.25) is 5.15 Å². The number of thioether (sulfide) groups is 1. The summed E-state index contributed by atoms with van der Waals surface area (Å²) in [6.07, 6.45) is 0. The number of anilines is 2. The van der Waals surface area contributed by atoms with Crippen molar-refractivity contribution in [3.8, 4) is 0 Å². The van der Waals surface area contributed by atoms with E-state index in [0.29, 0.717) is 28.2 Å². The second-order valence-electron chi connectivity index (χ2n) is 9.79. The maximum Gasteiger partial charge on any atom is 0.251 e. The van der Waals surface area contributed by atoms with Gasteiger partial charge < -0.3 is 19.9 Å². The molecule has 0 radical (unpaired) electrons. The van der Waals surface area contributed by atoms with Crippen LogP contribution in [0.4, 0.5) is 11.5 Å². The van der Waals surface area contributed by atoms with E-state index in [-0.39, 0.29) is 5.91 Å². The van der Waals surface area contributed by atoms with Crippen LogP contribution in [0, 0.1) is 6.92 Å². The second-order valence-corrected chi connectivity index (χ2v) is 11.1. The number of amides is 1. The Morgan fingerprint density at radius 2 is 1.74 bits per heavy atom. The minimum absolute atomic E-state index is 0.0544. The highest BCUT2D eigenvalue weighted by molar-refractivity contribution is 7.98. The number of carbonyl (C=O) groups excluding carboxylic acids is 1. The maximum atomic E-state index is 12.7. The van der Waals surface area contributed by atoms with Crippen molar-refractivity contribution in [2.45, 2.75) is 17.8 Å². The van der Waals surface area contributed by atoms with Crippen LogP contribution < -0.4 is 15.1 Å². The Bertz CT molecular complexity index is 1260. The molecule has 39 heavy (non-hydrogen) atoms. The molecule has 0 bridgehead atoms. The van der Waals surface area contributed by atoms with E-state index in [4.69, 9.17) is 21.3 Å². The van der Waals surface area contributed by atoms with Gasteiger partial charge in [0.1, 0.15) is 11.0 Å². The van der Waals surface area contributed by atoms with E-state index in [0.717, 1.165) is 70.4 Å². The third-order valence-corrected chi connectivity index (χ3v) is 8.21. The first-order valence-electron chi connectivity index (χ1n) is 13.5. The number of halogens is 1. The molecule has 3 aromatic rings. The van der Waals surface area contributed by atoms with Crippen LogP contribution in [0.25, 0.3) is 0 Å². The van der Waals surface area contributed by atoms with Gasteiger partial charge in [-0.25, -0.2) is 9.97 Å². The van der Waals surface area contributed by atoms with Crippen LogP contribution in [-0.4, -0.2) is 86.3 Å². The summed E-state index contributed by atoms with van der Waals surface area (Å²) in [7, 11) is 0. The molecule has 2 aliphatic rings. The number of aromatic nitrogens is 2. The van der Waals surface area contributed by atoms with Crippen LogP contribution in [0.1, 0.15) is 21.5 Å². The standard InChI is InChI=1S/C29H35ClN6O2S/c1-22-5-2-3-8-25(22)35-11-13-36(14-12-35)27-20-26(30)32-29(33-27)39-21-23-6-4-7-24(19-23)28(37)31-9-10-34-15-17-38-18-16-34/h2-8,19-20H,9-18,21H2,1H3,(H,31,37). The van der Waals surface area contributed by atoms with E-state index < -0.39 is 0 Å². The molecule has 206 valence electrons. The summed E-state index contributed by atoms with van der Waals surface area (Å²) in [4.78, 5) is 29.0. The van der Waals surface area contributed by atoms with Gasteiger partial charge in [-0.2, -0.15) is 0 Å². The van der Waals surface area contributed by atoms with Crippen LogP contribution in [-0.2, 0) is 10.5 Å². The van der Waals surface area contributed by atoms with E-state index in [1.807, 2.05) is 30.3 Å². The van der Waals surface area contributed by atoms with Gasteiger partial charge in [-0.1, -0.05) is 53.7 Å². The van der Waals surface area contributed by atoms with E-state index in [1.165, 1.54) is 23.0 Å². The number of para-hydroxylation sites is 1. The molecule has 2 aromatic carbocycles. The summed E-state index contributed by atoms with van der Waals surface area (Å²) < 4.78 is 5.38. The summed E-state index contributed by atoms with van der Waals surface area (Å²) in [5.41, 5.74) is 4.29. The lowest BCUT2D eigenvalue weighted by Crippen LogP contribution is -2.47. The number of ether oxygens (including phenoxy) is 1. The molecule has 2 aliphatic heterocycles. The van der Waals surface area contributed by atoms with Crippen LogP contribution in [0.5, 0.6) is 0 Å². The number of carbonyl (C=O) groups is 1. The molecular weight excluding hydrogens is 532 g/mol. The van der Waals surface area contributed by atoms with Crippen LogP contribution in [0.3, 0.4) is 0 Å². The van der Waals surface area contributed by atoms with Gasteiger partial charge in [-0.15, -0.1) is 0 Å². The number of rotatable bonds is 9. The lowest BCUT2D eigenvalue weighted by Gasteiger charge is -2.37. The highest BCUT2D eigenvalue weighted by atomic mass is 35.5. The summed E-state index contributed by atoms with van der Waals surface area (Å²) in [5, 5.41) is 4.12. The molecule has 1 amide bonds. The first-order chi connectivity index (χ1) is 19.0. The van der Waals surface area contributed by atoms with Gasteiger partial charge in [0.2, 0.25) is 0 Å². The van der Waals surface area contributed by atoms with E-state index in [2.05, 4.69) is 56.2 Å². The lowest BCUT2D eigenvalue weighted by molar-refractivity contribution is 0.0383. The minimum Gasteiger partial charge on any atom is -0.379 e. The number of nitrogens with one attached hydrogen (secondary N) is 1. The lowest BCUT2D eigenvalue weighted by atomic mass is 10.1. The summed E-state index contributed by atoms with van der Waals surface area (Å²) in [5.74, 6) is 1.45. The van der Waals surface area contributed by atoms with Gasteiger partial charge in [-0.05, 0) is 36.2 Å². The number of hydrogen-bond acceptors (Lipinski definition) is 8. The van der Waals surface area contributed by atoms with E-state index in [9.17, 15) is 4.79 Å². The zero-order valence-electron chi connectivity index (χ0n) is 22.3. The molecule has 0 spiro atoms. The van der Waals surface area contributed by atoms with Crippen LogP contribution >= 0.6 is 23.4 Å². The topological polar surface area (TPSA) is 73.8 Å². The molecule has 0 aliphatic carbocycles. The summed E-state index contributed by atoms with van der Waals surface area (Å²) in [6.45, 7) is 10.6. The first kappa shape index (κ1) is 27.7. The SMILES string of the molecule is Cc1ccccc1N1CCN(c2cc(Cl)nc(SCc3cccc(C(=O)NCCN4CCOCC4)c3)n2)CC1. The number of piperazine rings is 1. The quantitative estimate of drug-likeness (QED) is 0.236. The van der Waals surface area contributed by atoms with Gasteiger partial charge >= 0.3 is 0 Å². The molecule has 2 fully saturated rings. The van der Waals surface area contributed by atoms with Gasteiger partial charge in [0.25, 0.3) is 5.91 Å². The van der Waals surface area contributed by atoms with E-state index >= 15 is 0 Å².